The normalized spacial score (nSPS) is 11.2. The number of nitrogens with zero attached hydrogens (tertiary/aromatic N) is 1. The van der Waals surface area contributed by atoms with Gasteiger partial charge in [0.05, 0.1) is 18.1 Å². The van der Waals surface area contributed by atoms with Gasteiger partial charge in [0.25, 0.3) is 0 Å². The highest BCUT2D eigenvalue weighted by atomic mass is 16.5. The van der Waals surface area contributed by atoms with Crippen LogP contribution in [0.3, 0.4) is 0 Å². The summed E-state index contributed by atoms with van der Waals surface area (Å²) < 4.78 is 7.59. The smallest absolute Gasteiger partial charge is 0.249 e. The Bertz CT molecular complexity index is 1750. The number of hydrogen-bond donors (Lipinski definition) is 1. The summed E-state index contributed by atoms with van der Waals surface area (Å²) in [4.78, 5) is 12.4. The van der Waals surface area contributed by atoms with Crippen LogP contribution in [0.4, 0.5) is 0 Å². The minimum atomic E-state index is -0.443. The number of amides is 1. The molecule has 4 heteroatoms. The fourth-order valence-corrected chi connectivity index (χ4v) is 5.11. The molecule has 0 atom stereocenters. The minimum absolute atomic E-state index is 0.443. The lowest BCUT2D eigenvalue weighted by Crippen LogP contribution is -2.11. The van der Waals surface area contributed by atoms with E-state index in [2.05, 4.69) is 65.2 Å². The zero-order valence-corrected chi connectivity index (χ0v) is 20.4. The summed E-state index contributed by atoms with van der Waals surface area (Å²) in [5, 5.41) is 1.72. The number of benzene rings is 5. The molecule has 1 heterocycles. The van der Waals surface area contributed by atoms with Crippen LogP contribution in [-0.4, -0.2) is 17.6 Å². The maximum Gasteiger partial charge on any atom is 0.249 e. The lowest BCUT2D eigenvalue weighted by Gasteiger charge is -2.13. The number of rotatable bonds is 6. The number of hydrogen-bond acceptors (Lipinski definition) is 2. The largest absolute Gasteiger partial charge is 0.497 e. The summed E-state index contributed by atoms with van der Waals surface area (Å²) in [6.45, 7) is 0.632. The highest BCUT2D eigenvalue weighted by Crippen LogP contribution is 2.36. The number of fused-ring (bicyclic) bond motifs is 3. The van der Waals surface area contributed by atoms with Crippen molar-refractivity contribution in [3.8, 4) is 28.0 Å². The molecule has 1 radical (unpaired) electrons. The Balaban J connectivity index is 1.59. The maximum atomic E-state index is 12.4. The zero-order chi connectivity index (χ0) is 25.4. The topological polar surface area (TPSA) is 57.2 Å². The molecule has 0 bridgehead atoms. The molecule has 0 spiro atoms. The molecule has 0 unspecified atom stereocenters. The van der Waals surface area contributed by atoms with Gasteiger partial charge in [0.15, 0.2) is 0 Å². The molecule has 179 valence electrons. The van der Waals surface area contributed by atoms with E-state index in [1.165, 1.54) is 16.7 Å². The van der Waals surface area contributed by atoms with E-state index in [1.54, 1.807) is 13.2 Å². The van der Waals surface area contributed by atoms with Crippen LogP contribution in [0.1, 0.15) is 15.9 Å². The number of nitrogens with two attached hydrogens (primary N) is 1. The summed E-state index contributed by atoms with van der Waals surface area (Å²) in [5.74, 6) is 0.369. The van der Waals surface area contributed by atoms with E-state index in [0.717, 1.165) is 38.7 Å². The minimum Gasteiger partial charge on any atom is -0.497 e. The SMILES string of the molecule is COc1ccc(-c2c[c]c3c4c(C(N)=O)cccc4n(Cc4ccccc4-c4ccccc4)c3c2)cc1. The van der Waals surface area contributed by atoms with E-state index in [9.17, 15) is 4.79 Å². The van der Waals surface area contributed by atoms with Crippen LogP contribution in [-0.2, 0) is 6.54 Å². The Morgan fingerprint density at radius 3 is 2.32 bits per heavy atom. The van der Waals surface area contributed by atoms with Crippen molar-refractivity contribution in [2.75, 3.05) is 7.11 Å². The summed E-state index contributed by atoms with van der Waals surface area (Å²) in [7, 11) is 1.66. The first kappa shape index (κ1) is 22.6. The molecule has 5 aromatic carbocycles. The van der Waals surface area contributed by atoms with Gasteiger partial charge in [0, 0.05) is 22.9 Å². The Labute approximate surface area is 215 Å². The van der Waals surface area contributed by atoms with Crippen molar-refractivity contribution >= 4 is 27.7 Å². The van der Waals surface area contributed by atoms with Crippen LogP contribution in [0.5, 0.6) is 5.75 Å². The van der Waals surface area contributed by atoms with Crippen molar-refractivity contribution in [3.63, 3.8) is 0 Å². The van der Waals surface area contributed by atoms with Crippen molar-refractivity contribution in [3.05, 3.63) is 126 Å². The number of methoxy groups -OCH3 is 1. The molecule has 6 aromatic rings. The average Bonchev–Trinajstić information content (AvgIpc) is 3.26. The van der Waals surface area contributed by atoms with Crippen LogP contribution < -0.4 is 10.5 Å². The number of ether oxygens (including phenoxy) is 1. The second-order valence-electron chi connectivity index (χ2n) is 9.05. The van der Waals surface area contributed by atoms with Crippen molar-refractivity contribution in [2.24, 2.45) is 5.73 Å². The van der Waals surface area contributed by atoms with Crippen molar-refractivity contribution in [1.82, 2.24) is 4.57 Å². The van der Waals surface area contributed by atoms with Crippen molar-refractivity contribution in [2.45, 2.75) is 6.54 Å². The second-order valence-corrected chi connectivity index (χ2v) is 9.05. The molecule has 1 amide bonds. The molecule has 0 aliphatic rings. The third-order valence-corrected chi connectivity index (χ3v) is 6.91. The van der Waals surface area contributed by atoms with Gasteiger partial charge in [0.1, 0.15) is 5.75 Å². The second kappa shape index (κ2) is 9.32. The predicted molar refractivity (Wildman–Crippen MR) is 150 cm³/mol. The molecule has 0 aliphatic heterocycles. The van der Waals surface area contributed by atoms with E-state index in [1.807, 2.05) is 48.5 Å². The third-order valence-electron chi connectivity index (χ3n) is 6.91. The van der Waals surface area contributed by atoms with Crippen LogP contribution in [0.15, 0.2) is 109 Å². The Morgan fingerprint density at radius 1 is 0.811 bits per heavy atom. The summed E-state index contributed by atoms with van der Waals surface area (Å²) in [5.41, 5.74) is 13.9. The Kier molecular flexibility index (Phi) is 5.70. The molecule has 0 saturated heterocycles. The summed E-state index contributed by atoms with van der Waals surface area (Å²) >= 11 is 0. The van der Waals surface area contributed by atoms with E-state index in [-0.39, 0.29) is 0 Å². The van der Waals surface area contributed by atoms with Crippen LogP contribution >= 0.6 is 0 Å². The number of aromatic nitrogens is 1. The van der Waals surface area contributed by atoms with E-state index >= 15 is 0 Å². The molecular formula is C33H25N2O2. The molecule has 1 aromatic heterocycles. The van der Waals surface area contributed by atoms with E-state index in [4.69, 9.17) is 10.5 Å². The highest BCUT2D eigenvalue weighted by molar-refractivity contribution is 6.18. The van der Waals surface area contributed by atoms with Gasteiger partial charge in [0.2, 0.25) is 5.91 Å². The maximum absolute atomic E-state index is 12.4. The monoisotopic (exact) mass is 481 g/mol. The molecule has 2 N–H and O–H groups in total. The fraction of sp³-hybridized carbons (Fsp3) is 0.0606. The van der Waals surface area contributed by atoms with Crippen molar-refractivity contribution < 1.29 is 9.53 Å². The Hall–Kier alpha value is -4.83. The van der Waals surface area contributed by atoms with Crippen molar-refractivity contribution in [1.29, 1.82) is 0 Å². The van der Waals surface area contributed by atoms with Gasteiger partial charge in [-0.1, -0.05) is 72.8 Å². The van der Waals surface area contributed by atoms with Gasteiger partial charge in [-0.05, 0) is 70.3 Å². The van der Waals surface area contributed by atoms with Gasteiger partial charge in [-0.3, -0.25) is 4.79 Å². The quantitative estimate of drug-likeness (QED) is 0.276. The molecule has 0 saturated carbocycles. The lowest BCUT2D eigenvalue weighted by atomic mass is 9.99. The first-order valence-corrected chi connectivity index (χ1v) is 12.2. The van der Waals surface area contributed by atoms with Gasteiger partial charge < -0.3 is 15.0 Å². The molecular weight excluding hydrogens is 456 g/mol. The van der Waals surface area contributed by atoms with Crippen LogP contribution in [0.2, 0.25) is 0 Å². The summed E-state index contributed by atoms with van der Waals surface area (Å²) in [6.07, 6.45) is 0. The predicted octanol–water partition coefficient (Wildman–Crippen LogP) is 7.08. The van der Waals surface area contributed by atoms with Gasteiger partial charge in [-0.15, -0.1) is 0 Å². The van der Waals surface area contributed by atoms with E-state index < -0.39 is 5.91 Å². The zero-order valence-electron chi connectivity index (χ0n) is 20.4. The standard InChI is InChI=1S/C33H25N2O2/c1-37-26-17-14-22(15-18-26)24-16-19-28-31(20-24)35(30-13-7-12-29(32(28)30)33(34)36)21-25-10-5-6-11-27(25)23-8-3-2-4-9-23/h2-18,20H,21H2,1H3,(H2,34,36). The lowest BCUT2D eigenvalue weighted by molar-refractivity contribution is 0.100. The molecule has 0 aliphatic carbocycles. The van der Waals surface area contributed by atoms with Gasteiger partial charge in [-0.2, -0.15) is 0 Å². The fourth-order valence-electron chi connectivity index (χ4n) is 5.11. The highest BCUT2D eigenvalue weighted by Gasteiger charge is 2.18. The van der Waals surface area contributed by atoms with Gasteiger partial charge >= 0.3 is 0 Å². The number of primary amides is 1. The van der Waals surface area contributed by atoms with Gasteiger partial charge in [-0.25, -0.2) is 0 Å². The number of carbonyl (C=O) groups excluding carboxylic acids is 1. The third kappa shape index (κ3) is 4.03. The molecule has 37 heavy (non-hydrogen) atoms. The summed E-state index contributed by atoms with van der Waals surface area (Å²) in [6, 6.07) is 40.2. The van der Waals surface area contributed by atoms with E-state index in [0.29, 0.717) is 12.1 Å². The number of carbonyl (C=O) groups is 1. The van der Waals surface area contributed by atoms with Crippen LogP contribution in [0, 0.1) is 6.07 Å². The first-order chi connectivity index (χ1) is 18.1. The Morgan fingerprint density at radius 2 is 1.57 bits per heavy atom. The first-order valence-electron chi connectivity index (χ1n) is 12.2. The van der Waals surface area contributed by atoms with Crippen LogP contribution in [0.25, 0.3) is 44.1 Å². The molecule has 6 rings (SSSR count). The molecule has 0 fully saturated rings. The average molecular weight is 482 g/mol. The molecule has 4 nitrogen and oxygen atoms in total.